The Hall–Kier alpha value is -2.11. The van der Waals surface area contributed by atoms with Gasteiger partial charge in [-0.25, -0.2) is 0 Å². The Kier molecular flexibility index (Phi) is 4.55. The maximum Gasteiger partial charge on any atom is 0.255 e. The Morgan fingerprint density at radius 1 is 1.20 bits per heavy atom. The van der Waals surface area contributed by atoms with Gasteiger partial charge in [0.2, 0.25) is 0 Å². The molecule has 0 heterocycles. The van der Waals surface area contributed by atoms with Gasteiger partial charge in [-0.3, -0.25) is 4.79 Å². The van der Waals surface area contributed by atoms with Gasteiger partial charge in [0.1, 0.15) is 5.75 Å². The molecule has 5 heteroatoms. The standard InChI is InChI=1S/C15H17NO4/c1-19-13(20-2)9-16-15(18)12-8-7-10-5-3-4-6-11(10)14(12)17/h3-8,13,17H,9H2,1-2H3,(H,16,18). The fourth-order valence-corrected chi connectivity index (χ4v) is 1.97. The van der Waals surface area contributed by atoms with Gasteiger partial charge in [0.25, 0.3) is 5.91 Å². The molecule has 0 unspecified atom stereocenters. The number of rotatable bonds is 5. The molecule has 0 radical (unpaired) electrons. The molecule has 0 bridgehead atoms. The largest absolute Gasteiger partial charge is 0.506 e. The third-order valence-electron chi connectivity index (χ3n) is 3.10. The van der Waals surface area contributed by atoms with Crippen molar-refractivity contribution in [2.45, 2.75) is 6.29 Å². The number of amides is 1. The van der Waals surface area contributed by atoms with Crippen molar-refractivity contribution in [3.8, 4) is 5.75 Å². The van der Waals surface area contributed by atoms with E-state index in [9.17, 15) is 9.90 Å². The van der Waals surface area contributed by atoms with Crippen LogP contribution in [0.2, 0.25) is 0 Å². The highest BCUT2D eigenvalue weighted by Crippen LogP contribution is 2.28. The van der Waals surface area contributed by atoms with E-state index in [4.69, 9.17) is 9.47 Å². The smallest absolute Gasteiger partial charge is 0.255 e. The molecule has 0 atom stereocenters. The predicted octanol–water partition coefficient (Wildman–Crippen LogP) is 1.89. The normalized spacial score (nSPS) is 10.9. The Morgan fingerprint density at radius 2 is 1.90 bits per heavy atom. The third kappa shape index (κ3) is 2.89. The van der Waals surface area contributed by atoms with Crippen LogP contribution in [0.15, 0.2) is 36.4 Å². The number of hydrogen-bond donors (Lipinski definition) is 2. The van der Waals surface area contributed by atoms with Gasteiger partial charge in [-0.1, -0.05) is 30.3 Å². The number of phenolic OH excluding ortho intramolecular Hbond substituents is 1. The lowest BCUT2D eigenvalue weighted by Crippen LogP contribution is -2.34. The molecular formula is C15H17NO4. The van der Waals surface area contributed by atoms with Crippen LogP contribution in [-0.4, -0.2) is 38.1 Å². The van der Waals surface area contributed by atoms with Gasteiger partial charge in [-0.2, -0.15) is 0 Å². The zero-order valence-corrected chi connectivity index (χ0v) is 11.4. The Morgan fingerprint density at radius 3 is 2.60 bits per heavy atom. The highest BCUT2D eigenvalue weighted by atomic mass is 16.7. The van der Waals surface area contributed by atoms with E-state index in [2.05, 4.69) is 5.32 Å². The summed E-state index contributed by atoms with van der Waals surface area (Å²) in [5.41, 5.74) is 0.231. The van der Waals surface area contributed by atoms with Crippen molar-refractivity contribution in [3.63, 3.8) is 0 Å². The summed E-state index contributed by atoms with van der Waals surface area (Å²) < 4.78 is 9.97. The summed E-state index contributed by atoms with van der Waals surface area (Å²) in [6.07, 6.45) is -0.512. The van der Waals surface area contributed by atoms with Gasteiger partial charge >= 0.3 is 0 Å². The van der Waals surface area contributed by atoms with Crippen molar-refractivity contribution >= 4 is 16.7 Å². The first-order chi connectivity index (χ1) is 9.67. The van der Waals surface area contributed by atoms with Gasteiger partial charge in [-0.05, 0) is 11.5 Å². The van der Waals surface area contributed by atoms with Crippen LogP contribution in [0.5, 0.6) is 5.75 Å². The van der Waals surface area contributed by atoms with Crippen LogP contribution in [0.25, 0.3) is 10.8 Å². The lowest BCUT2D eigenvalue weighted by atomic mass is 10.0. The van der Waals surface area contributed by atoms with Crippen LogP contribution in [0.3, 0.4) is 0 Å². The van der Waals surface area contributed by atoms with E-state index in [1.165, 1.54) is 14.2 Å². The van der Waals surface area contributed by atoms with Crippen molar-refractivity contribution in [2.75, 3.05) is 20.8 Å². The molecule has 5 nitrogen and oxygen atoms in total. The van der Waals surface area contributed by atoms with E-state index in [1.807, 2.05) is 18.2 Å². The molecule has 20 heavy (non-hydrogen) atoms. The first-order valence-corrected chi connectivity index (χ1v) is 6.22. The van der Waals surface area contributed by atoms with Gasteiger partial charge in [-0.15, -0.1) is 0 Å². The molecule has 0 fully saturated rings. The molecule has 106 valence electrons. The lowest BCUT2D eigenvalue weighted by molar-refractivity contribution is -0.0974. The molecule has 0 saturated carbocycles. The second kappa shape index (κ2) is 6.36. The second-order valence-electron chi connectivity index (χ2n) is 4.29. The van der Waals surface area contributed by atoms with E-state index < -0.39 is 6.29 Å². The van der Waals surface area contributed by atoms with Crippen LogP contribution in [-0.2, 0) is 9.47 Å². The molecule has 0 aliphatic heterocycles. The molecule has 0 aliphatic carbocycles. The van der Waals surface area contributed by atoms with Crippen LogP contribution >= 0.6 is 0 Å². The van der Waals surface area contributed by atoms with E-state index in [-0.39, 0.29) is 23.8 Å². The van der Waals surface area contributed by atoms with E-state index in [0.717, 1.165) is 5.39 Å². The Bertz CT molecular complexity index is 608. The maximum absolute atomic E-state index is 12.1. The number of fused-ring (bicyclic) bond motifs is 1. The number of carbonyl (C=O) groups is 1. The molecule has 1 amide bonds. The maximum atomic E-state index is 12.1. The summed E-state index contributed by atoms with van der Waals surface area (Å²) in [7, 11) is 2.99. The zero-order valence-electron chi connectivity index (χ0n) is 11.4. The highest BCUT2D eigenvalue weighted by Gasteiger charge is 2.15. The summed E-state index contributed by atoms with van der Waals surface area (Å²) in [5, 5.41) is 14.4. The number of phenols is 1. The van der Waals surface area contributed by atoms with Gasteiger partial charge in [0.05, 0.1) is 12.1 Å². The molecule has 2 aromatic rings. The Labute approximate surface area is 117 Å². The van der Waals surface area contributed by atoms with Crippen molar-refractivity contribution in [2.24, 2.45) is 0 Å². The summed E-state index contributed by atoms with van der Waals surface area (Å²) >= 11 is 0. The summed E-state index contributed by atoms with van der Waals surface area (Å²) in [6.45, 7) is 0.206. The number of methoxy groups -OCH3 is 2. The molecule has 2 N–H and O–H groups in total. The minimum atomic E-state index is -0.512. The summed E-state index contributed by atoms with van der Waals surface area (Å²) in [5.74, 6) is -0.390. The molecule has 0 aromatic heterocycles. The first-order valence-electron chi connectivity index (χ1n) is 6.22. The number of carbonyl (C=O) groups excluding carboxylic acids is 1. The van der Waals surface area contributed by atoms with Crippen LogP contribution in [0.4, 0.5) is 0 Å². The van der Waals surface area contributed by atoms with Gasteiger partial charge in [0, 0.05) is 19.6 Å². The van der Waals surface area contributed by atoms with E-state index in [1.54, 1.807) is 18.2 Å². The third-order valence-corrected chi connectivity index (χ3v) is 3.10. The molecule has 0 saturated heterocycles. The van der Waals surface area contributed by atoms with Crippen LogP contribution in [0.1, 0.15) is 10.4 Å². The minimum absolute atomic E-state index is 0.0213. The second-order valence-corrected chi connectivity index (χ2v) is 4.29. The molecule has 2 rings (SSSR count). The number of benzene rings is 2. The quantitative estimate of drug-likeness (QED) is 0.818. The average molecular weight is 275 g/mol. The highest BCUT2D eigenvalue weighted by molar-refractivity contribution is 6.03. The summed E-state index contributed by atoms with van der Waals surface area (Å²) in [4.78, 5) is 12.1. The fourth-order valence-electron chi connectivity index (χ4n) is 1.97. The van der Waals surface area contributed by atoms with E-state index >= 15 is 0 Å². The van der Waals surface area contributed by atoms with Crippen LogP contribution in [0, 0.1) is 0 Å². The van der Waals surface area contributed by atoms with Crippen molar-refractivity contribution in [1.29, 1.82) is 0 Å². The molecule has 2 aromatic carbocycles. The van der Waals surface area contributed by atoms with Crippen molar-refractivity contribution in [3.05, 3.63) is 42.0 Å². The summed E-state index contributed by atoms with van der Waals surface area (Å²) in [6, 6.07) is 10.7. The average Bonchev–Trinajstić information content (AvgIpc) is 2.48. The molecule has 0 spiro atoms. The predicted molar refractivity (Wildman–Crippen MR) is 75.8 cm³/mol. The molecule has 0 aliphatic rings. The number of hydrogen-bond acceptors (Lipinski definition) is 4. The SMILES string of the molecule is COC(CNC(=O)c1ccc2ccccc2c1O)OC. The number of nitrogens with one attached hydrogen (secondary N) is 1. The minimum Gasteiger partial charge on any atom is -0.506 e. The topological polar surface area (TPSA) is 67.8 Å². The number of ether oxygens (including phenoxy) is 2. The fraction of sp³-hybridized carbons (Fsp3) is 0.267. The number of aromatic hydroxyl groups is 1. The van der Waals surface area contributed by atoms with E-state index in [0.29, 0.717) is 5.39 Å². The monoisotopic (exact) mass is 275 g/mol. The first kappa shape index (κ1) is 14.3. The van der Waals surface area contributed by atoms with Gasteiger partial charge in [0.15, 0.2) is 6.29 Å². The lowest BCUT2D eigenvalue weighted by Gasteiger charge is -2.14. The Balaban J connectivity index is 2.20. The van der Waals surface area contributed by atoms with Crippen molar-refractivity contribution < 1.29 is 19.4 Å². The molecular weight excluding hydrogens is 258 g/mol. The zero-order chi connectivity index (χ0) is 14.5. The van der Waals surface area contributed by atoms with Crippen LogP contribution < -0.4 is 5.32 Å². The van der Waals surface area contributed by atoms with Gasteiger partial charge < -0.3 is 19.9 Å². The van der Waals surface area contributed by atoms with Crippen molar-refractivity contribution in [1.82, 2.24) is 5.32 Å².